The van der Waals surface area contributed by atoms with Crippen molar-refractivity contribution in [1.29, 1.82) is 0 Å². The number of aromatic carboxylic acids is 2. The van der Waals surface area contributed by atoms with Crippen molar-refractivity contribution in [2.24, 2.45) is 0 Å². The summed E-state index contributed by atoms with van der Waals surface area (Å²) in [5, 5.41) is 29.9. The number of carboxylic acid groups (broad SMARTS) is 2. The highest BCUT2D eigenvalue weighted by Crippen LogP contribution is 2.20. The maximum atomic E-state index is 12.0. The third-order valence-corrected chi connectivity index (χ3v) is 2.83. The van der Waals surface area contributed by atoms with Gasteiger partial charge in [0.15, 0.2) is 0 Å². The zero-order valence-electron chi connectivity index (χ0n) is 11.1. The number of hydrogen-bond acceptors (Lipinski definition) is 4. The van der Waals surface area contributed by atoms with Crippen LogP contribution in [0.1, 0.15) is 31.1 Å². The standard InChI is InChI=1S/C15H11NO6/c17-12-4-2-1-3-11(12)13(18)16-10-6-8(14(19)20)5-9(7-10)15(21)22/h1-7,17H,(H,16,18)(H,19,20)(H,21,22). The zero-order valence-corrected chi connectivity index (χ0v) is 11.1. The quantitative estimate of drug-likeness (QED) is 0.685. The van der Waals surface area contributed by atoms with Crippen LogP contribution in [0.2, 0.25) is 0 Å². The second-order valence-electron chi connectivity index (χ2n) is 4.38. The van der Waals surface area contributed by atoms with Crippen molar-refractivity contribution in [2.45, 2.75) is 0 Å². The fourth-order valence-corrected chi connectivity index (χ4v) is 1.81. The number of hydrogen-bond donors (Lipinski definition) is 4. The fourth-order valence-electron chi connectivity index (χ4n) is 1.81. The summed E-state index contributed by atoms with van der Waals surface area (Å²) in [7, 11) is 0. The van der Waals surface area contributed by atoms with E-state index in [4.69, 9.17) is 10.2 Å². The summed E-state index contributed by atoms with van der Waals surface area (Å²) in [5.74, 6) is -3.56. The van der Waals surface area contributed by atoms with E-state index in [1.54, 1.807) is 12.1 Å². The lowest BCUT2D eigenvalue weighted by Crippen LogP contribution is -2.13. The van der Waals surface area contributed by atoms with Crippen LogP contribution in [0.25, 0.3) is 0 Å². The molecule has 2 aromatic rings. The van der Waals surface area contributed by atoms with Gasteiger partial charge in [0, 0.05) is 5.69 Å². The van der Waals surface area contributed by atoms with Crippen LogP contribution in [-0.4, -0.2) is 33.2 Å². The fraction of sp³-hybridized carbons (Fsp3) is 0. The molecule has 0 bridgehead atoms. The molecule has 0 radical (unpaired) electrons. The Morgan fingerprint density at radius 3 is 1.91 bits per heavy atom. The largest absolute Gasteiger partial charge is 0.507 e. The highest BCUT2D eigenvalue weighted by Gasteiger charge is 2.15. The number of carboxylic acids is 2. The highest BCUT2D eigenvalue weighted by atomic mass is 16.4. The zero-order chi connectivity index (χ0) is 16.3. The van der Waals surface area contributed by atoms with E-state index >= 15 is 0 Å². The van der Waals surface area contributed by atoms with E-state index in [-0.39, 0.29) is 28.1 Å². The number of carbonyl (C=O) groups is 3. The number of benzene rings is 2. The van der Waals surface area contributed by atoms with Gasteiger partial charge in [-0.05, 0) is 30.3 Å². The Bertz CT molecular complexity index is 736. The summed E-state index contributed by atoms with van der Waals surface area (Å²) in [6, 6.07) is 9.04. The van der Waals surface area contributed by atoms with Crippen molar-refractivity contribution < 1.29 is 29.7 Å². The van der Waals surface area contributed by atoms with Crippen LogP contribution in [0.4, 0.5) is 5.69 Å². The van der Waals surface area contributed by atoms with Gasteiger partial charge in [0.05, 0.1) is 16.7 Å². The predicted octanol–water partition coefficient (Wildman–Crippen LogP) is 2.04. The molecule has 2 rings (SSSR count). The number of para-hydroxylation sites is 1. The highest BCUT2D eigenvalue weighted by molar-refractivity contribution is 6.07. The molecule has 0 heterocycles. The van der Waals surface area contributed by atoms with E-state index in [2.05, 4.69) is 5.32 Å². The van der Waals surface area contributed by atoms with Gasteiger partial charge in [-0.1, -0.05) is 12.1 Å². The molecule has 22 heavy (non-hydrogen) atoms. The topological polar surface area (TPSA) is 124 Å². The number of phenolic OH excluding ortho intramolecular Hbond substituents is 1. The van der Waals surface area contributed by atoms with Crippen LogP contribution < -0.4 is 5.32 Å². The molecule has 1 amide bonds. The van der Waals surface area contributed by atoms with Crippen LogP contribution in [-0.2, 0) is 0 Å². The van der Waals surface area contributed by atoms with E-state index in [9.17, 15) is 19.5 Å². The van der Waals surface area contributed by atoms with Crippen LogP contribution in [0.3, 0.4) is 0 Å². The van der Waals surface area contributed by atoms with Crippen molar-refractivity contribution in [3.8, 4) is 5.75 Å². The first-order chi connectivity index (χ1) is 10.4. The lowest BCUT2D eigenvalue weighted by Gasteiger charge is -2.08. The number of rotatable bonds is 4. The molecule has 0 aliphatic rings. The summed E-state index contributed by atoms with van der Waals surface area (Å²) in [5.41, 5.74) is -0.550. The summed E-state index contributed by atoms with van der Waals surface area (Å²) in [6.45, 7) is 0. The third kappa shape index (κ3) is 3.21. The lowest BCUT2D eigenvalue weighted by molar-refractivity contribution is 0.0696. The van der Waals surface area contributed by atoms with Gasteiger partial charge in [0.2, 0.25) is 0 Å². The van der Waals surface area contributed by atoms with Gasteiger partial charge in [-0.25, -0.2) is 9.59 Å². The Labute approximate surface area is 124 Å². The summed E-state index contributed by atoms with van der Waals surface area (Å²) in [6.07, 6.45) is 0. The second kappa shape index (κ2) is 5.96. The molecule has 0 atom stereocenters. The Morgan fingerprint density at radius 2 is 1.41 bits per heavy atom. The average molecular weight is 301 g/mol. The van der Waals surface area contributed by atoms with Gasteiger partial charge in [0.1, 0.15) is 5.75 Å². The summed E-state index contributed by atoms with van der Waals surface area (Å²) >= 11 is 0. The molecule has 0 spiro atoms. The minimum absolute atomic E-state index is 0.00514. The van der Waals surface area contributed by atoms with Gasteiger partial charge in [-0.15, -0.1) is 0 Å². The van der Waals surface area contributed by atoms with E-state index in [1.165, 1.54) is 12.1 Å². The molecule has 0 unspecified atom stereocenters. The monoisotopic (exact) mass is 301 g/mol. The van der Waals surface area contributed by atoms with Crippen molar-refractivity contribution in [3.05, 3.63) is 59.2 Å². The molecular weight excluding hydrogens is 290 g/mol. The summed E-state index contributed by atoms with van der Waals surface area (Å²) < 4.78 is 0. The number of anilines is 1. The van der Waals surface area contributed by atoms with Gasteiger partial charge < -0.3 is 20.6 Å². The molecule has 0 aliphatic carbocycles. The van der Waals surface area contributed by atoms with Gasteiger partial charge in [-0.3, -0.25) is 4.79 Å². The number of aromatic hydroxyl groups is 1. The van der Waals surface area contributed by atoms with Crippen LogP contribution in [0, 0.1) is 0 Å². The smallest absolute Gasteiger partial charge is 0.335 e. The first-order valence-electron chi connectivity index (χ1n) is 6.09. The molecule has 7 heteroatoms. The molecule has 2 aromatic carbocycles. The van der Waals surface area contributed by atoms with Gasteiger partial charge in [0.25, 0.3) is 5.91 Å². The van der Waals surface area contributed by atoms with E-state index in [0.29, 0.717) is 0 Å². The number of amides is 1. The van der Waals surface area contributed by atoms with Crippen molar-refractivity contribution >= 4 is 23.5 Å². The Kier molecular flexibility index (Phi) is 4.08. The predicted molar refractivity (Wildman–Crippen MR) is 76.4 cm³/mol. The van der Waals surface area contributed by atoms with Crippen LogP contribution >= 0.6 is 0 Å². The minimum Gasteiger partial charge on any atom is -0.507 e. The molecule has 7 nitrogen and oxygen atoms in total. The molecule has 0 fully saturated rings. The van der Waals surface area contributed by atoms with Crippen molar-refractivity contribution in [1.82, 2.24) is 0 Å². The number of nitrogens with one attached hydrogen (secondary N) is 1. The number of phenols is 1. The van der Waals surface area contributed by atoms with Gasteiger partial charge >= 0.3 is 11.9 Å². The SMILES string of the molecule is O=C(O)c1cc(NC(=O)c2ccccc2O)cc(C(=O)O)c1. The number of carbonyl (C=O) groups excluding carboxylic acids is 1. The maximum absolute atomic E-state index is 12.0. The third-order valence-electron chi connectivity index (χ3n) is 2.83. The first-order valence-corrected chi connectivity index (χ1v) is 6.09. The molecule has 0 saturated heterocycles. The molecule has 112 valence electrons. The Balaban J connectivity index is 2.37. The van der Waals surface area contributed by atoms with Crippen LogP contribution in [0.15, 0.2) is 42.5 Å². The minimum atomic E-state index is -1.32. The summed E-state index contributed by atoms with van der Waals surface area (Å²) in [4.78, 5) is 34.0. The van der Waals surface area contributed by atoms with Crippen molar-refractivity contribution in [2.75, 3.05) is 5.32 Å². The first kappa shape index (κ1) is 15.0. The molecule has 4 N–H and O–H groups in total. The van der Waals surface area contributed by atoms with Crippen molar-refractivity contribution in [3.63, 3.8) is 0 Å². The molecular formula is C15H11NO6. The van der Waals surface area contributed by atoms with Gasteiger partial charge in [-0.2, -0.15) is 0 Å². The normalized spacial score (nSPS) is 10.0. The van der Waals surface area contributed by atoms with E-state index < -0.39 is 17.8 Å². The molecule has 0 saturated carbocycles. The van der Waals surface area contributed by atoms with E-state index in [0.717, 1.165) is 18.2 Å². The maximum Gasteiger partial charge on any atom is 0.335 e. The van der Waals surface area contributed by atoms with Crippen LogP contribution in [0.5, 0.6) is 5.75 Å². The van der Waals surface area contributed by atoms with E-state index in [1.807, 2.05) is 0 Å². The second-order valence-corrected chi connectivity index (χ2v) is 4.38. The molecule has 0 aromatic heterocycles. The Hall–Kier alpha value is -3.35. The Morgan fingerprint density at radius 1 is 0.864 bits per heavy atom. The average Bonchev–Trinajstić information content (AvgIpc) is 2.47. The lowest BCUT2D eigenvalue weighted by atomic mass is 10.1. The molecule has 0 aliphatic heterocycles.